The molecule has 0 radical (unpaired) electrons. The molecule has 1 atom stereocenters. The van der Waals surface area contributed by atoms with E-state index in [-0.39, 0.29) is 0 Å². The molecule has 0 aliphatic rings. The molecule has 0 saturated carbocycles. The van der Waals surface area contributed by atoms with Gasteiger partial charge in [0.1, 0.15) is 0 Å². The van der Waals surface area contributed by atoms with Crippen LogP contribution in [0.25, 0.3) is 0 Å². The zero-order valence-electron chi connectivity index (χ0n) is 11.5. The SMILES string of the molecule is CC(CNC(C)C)CN(C)Cc1ccncc1. The molecule has 17 heavy (non-hydrogen) atoms. The van der Waals surface area contributed by atoms with Gasteiger partial charge in [-0.2, -0.15) is 0 Å². The normalized spacial score (nSPS) is 13.3. The number of nitrogens with one attached hydrogen (secondary N) is 1. The second-order valence-electron chi connectivity index (χ2n) is 5.22. The molecule has 0 aliphatic heterocycles. The summed E-state index contributed by atoms with van der Waals surface area (Å²) >= 11 is 0. The maximum Gasteiger partial charge on any atom is 0.0271 e. The van der Waals surface area contributed by atoms with Gasteiger partial charge in [0.15, 0.2) is 0 Å². The van der Waals surface area contributed by atoms with Gasteiger partial charge in [0.05, 0.1) is 0 Å². The van der Waals surface area contributed by atoms with E-state index in [0.29, 0.717) is 12.0 Å². The highest BCUT2D eigenvalue weighted by Gasteiger charge is 2.07. The minimum absolute atomic E-state index is 0.572. The van der Waals surface area contributed by atoms with Gasteiger partial charge < -0.3 is 10.2 Å². The first-order chi connectivity index (χ1) is 8.08. The van der Waals surface area contributed by atoms with E-state index in [9.17, 15) is 0 Å². The van der Waals surface area contributed by atoms with Gasteiger partial charge in [0, 0.05) is 31.5 Å². The summed E-state index contributed by atoms with van der Waals surface area (Å²) in [5, 5.41) is 3.48. The summed E-state index contributed by atoms with van der Waals surface area (Å²) < 4.78 is 0. The molecule has 0 aromatic carbocycles. The Morgan fingerprint density at radius 3 is 2.47 bits per heavy atom. The number of rotatable bonds is 7. The lowest BCUT2D eigenvalue weighted by atomic mass is 10.1. The fourth-order valence-electron chi connectivity index (χ4n) is 1.90. The summed E-state index contributed by atoms with van der Waals surface area (Å²) in [5.41, 5.74) is 1.33. The van der Waals surface area contributed by atoms with Crippen LogP contribution >= 0.6 is 0 Å². The van der Waals surface area contributed by atoms with Crippen molar-refractivity contribution in [2.24, 2.45) is 5.92 Å². The third kappa shape index (κ3) is 6.39. The molecular formula is C14H25N3. The van der Waals surface area contributed by atoms with Gasteiger partial charge in [-0.1, -0.05) is 20.8 Å². The molecule has 3 nitrogen and oxygen atoms in total. The number of aromatic nitrogens is 1. The van der Waals surface area contributed by atoms with E-state index in [1.54, 1.807) is 0 Å². The molecule has 1 rings (SSSR count). The van der Waals surface area contributed by atoms with Crippen LogP contribution in [-0.2, 0) is 6.54 Å². The standard InChI is InChI=1S/C14H25N3/c1-12(2)16-9-13(3)10-17(4)11-14-5-7-15-8-6-14/h5-8,12-13,16H,9-11H2,1-4H3. The van der Waals surface area contributed by atoms with Gasteiger partial charge in [-0.3, -0.25) is 4.98 Å². The Labute approximate surface area is 105 Å². The summed E-state index contributed by atoms with van der Waals surface area (Å²) in [5.74, 6) is 0.671. The smallest absolute Gasteiger partial charge is 0.0271 e. The van der Waals surface area contributed by atoms with E-state index in [4.69, 9.17) is 0 Å². The van der Waals surface area contributed by atoms with Crippen LogP contribution in [0.5, 0.6) is 0 Å². The quantitative estimate of drug-likeness (QED) is 0.785. The van der Waals surface area contributed by atoms with Crippen molar-refractivity contribution in [3.63, 3.8) is 0 Å². The Hall–Kier alpha value is -0.930. The molecule has 1 heterocycles. The Balaban J connectivity index is 2.27. The van der Waals surface area contributed by atoms with Gasteiger partial charge in [0.25, 0.3) is 0 Å². The molecule has 0 amide bonds. The van der Waals surface area contributed by atoms with Gasteiger partial charge in [-0.25, -0.2) is 0 Å². The number of hydrogen-bond acceptors (Lipinski definition) is 3. The highest BCUT2D eigenvalue weighted by atomic mass is 15.1. The second-order valence-corrected chi connectivity index (χ2v) is 5.22. The van der Waals surface area contributed by atoms with Crippen LogP contribution in [0.2, 0.25) is 0 Å². The minimum Gasteiger partial charge on any atom is -0.314 e. The lowest BCUT2D eigenvalue weighted by Crippen LogP contribution is -2.33. The van der Waals surface area contributed by atoms with Gasteiger partial charge in [-0.05, 0) is 37.2 Å². The van der Waals surface area contributed by atoms with Crippen molar-refractivity contribution in [1.29, 1.82) is 0 Å². The average Bonchev–Trinajstić information content (AvgIpc) is 2.27. The zero-order chi connectivity index (χ0) is 12.7. The highest BCUT2D eigenvalue weighted by Crippen LogP contribution is 2.04. The number of hydrogen-bond donors (Lipinski definition) is 1. The van der Waals surface area contributed by atoms with Crippen LogP contribution in [0.15, 0.2) is 24.5 Å². The Kier molecular flexibility index (Phi) is 6.16. The van der Waals surface area contributed by atoms with Crippen LogP contribution in [0.3, 0.4) is 0 Å². The van der Waals surface area contributed by atoms with Gasteiger partial charge in [0.2, 0.25) is 0 Å². The average molecular weight is 235 g/mol. The van der Waals surface area contributed by atoms with Crippen molar-refractivity contribution < 1.29 is 0 Å². The zero-order valence-corrected chi connectivity index (χ0v) is 11.5. The maximum absolute atomic E-state index is 4.03. The van der Waals surface area contributed by atoms with Crippen molar-refractivity contribution in [2.45, 2.75) is 33.4 Å². The summed E-state index contributed by atoms with van der Waals surface area (Å²) in [4.78, 5) is 6.40. The van der Waals surface area contributed by atoms with Crippen molar-refractivity contribution in [1.82, 2.24) is 15.2 Å². The Morgan fingerprint density at radius 2 is 1.88 bits per heavy atom. The molecule has 1 aromatic heterocycles. The monoisotopic (exact) mass is 235 g/mol. The molecule has 1 aromatic rings. The van der Waals surface area contributed by atoms with Crippen molar-refractivity contribution in [2.75, 3.05) is 20.1 Å². The topological polar surface area (TPSA) is 28.2 Å². The van der Waals surface area contributed by atoms with Crippen LogP contribution in [0.4, 0.5) is 0 Å². The maximum atomic E-state index is 4.03. The number of pyridine rings is 1. The Morgan fingerprint density at radius 1 is 1.24 bits per heavy atom. The fourth-order valence-corrected chi connectivity index (χ4v) is 1.90. The molecular weight excluding hydrogens is 210 g/mol. The van der Waals surface area contributed by atoms with E-state index in [1.165, 1.54) is 5.56 Å². The molecule has 0 spiro atoms. The van der Waals surface area contributed by atoms with Crippen LogP contribution < -0.4 is 5.32 Å². The van der Waals surface area contributed by atoms with Crippen molar-refractivity contribution >= 4 is 0 Å². The molecule has 0 fully saturated rings. The molecule has 96 valence electrons. The van der Waals surface area contributed by atoms with Crippen molar-refractivity contribution in [3.8, 4) is 0 Å². The van der Waals surface area contributed by atoms with Crippen LogP contribution in [0, 0.1) is 5.92 Å². The summed E-state index contributed by atoms with van der Waals surface area (Å²) in [6, 6.07) is 4.73. The molecule has 3 heteroatoms. The minimum atomic E-state index is 0.572. The summed E-state index contributed by atoms with van der Waals surface area (Å²) in [7, 11) is 2.17. The molecule has 0 saturated heterocycles. The number of nitrogens with zero attached hydrogens (tertiary/aromatic N) is 2. The largest absolute Gasteiger partial charge is 0.314 e. The van der Waals surface area contributed by atoms with Crippen LogP contribution in [-0.4, -0.2) is 36.1 Å². The lowest BCUT2D eigenvalue weighted by Gasteiger charge is -2.22. The Bertz CT molecular complexity index is 298. The van der Waals surface area contributed by atoms with Crippen molar-refractivity contribution in [3.05, 3.63) is 30.1 Å². The first-order valence-electron chi connectivity index (χ1n) is 6.38. The van der Waals surface area contributed by atoms with E-state index in [0.717, 1.165) is 19.6 Å². The molecule has 0 bridgehead atoms. The highest BCUT2D eigenvalue weighted by molar-refractivity contribution is 5.09. The summed E-state index contributed by atoms with van der Waals surface area (Å²) in [6.07, 6.45) is 3.71. The third-order valence-corrected chi connectivity index (χ3v) is 2.70. The van der Waals surface area contributed by atoms with Gasteiger partial charge >= 0.3 is 0 Å². The predicted molar refractivity (Wildman–Crippen MR) is 72.9 cm³/mol. The van der Waals surface area contributed by atoms with Gasteiger partial charge in [-0.15, -0.1) is 0 Å². The summed E-state index contributed by atoms with van der Waals surface area (Å²) in [6.45, 7) is 9.86. The van der Waals surface area contributed by atoms with E-state index < -0.39 is 0 Å². The van der Waals surface area contributed by atoms with Crippen LogP contribution in [0.1, 0.15) is 26.3 Å². The molecule has 1 N–H and O–H groups in total. The van der Waals surface area contributed by atoms with E-state index >= 15 is 0 Å². The van der Waals surface area contributed by atoms with E-state index in [1.807, 2.05) is 12.4 Å². The fraction of sp³-hybridized carbons (Fsp3) is 0.643. The molecule has 1 unspecified atom stereocenters. The predicted octanol–water partition coefficient (Wildman–Crippen LogP) is 2.15. The first-order valence-corrected chi connectivity index (χ1v) is 6.38. The molecule has 0 aliphatic carbocycles. The second kappa shape index (κ2) is 7.41. The van der Waals surface area contributed by atoms with E-state index in [2.05, 4.69) is 55.2 Å². The first kappa shape index (κ1) is 14.1. The lowest BCUT2D eigenvalue weighted by molar-refractivity contribution is 0.271. The third-order valence-electron chi connectivity index (χ3n) is 2.70.